The molecule has 92 valence electrons. The number of rotatable bonds is 3. The molecule has 0 fully saturated rings. The SMILES string of the molecule is CC(C)c1c[nH]c(=S)n1Cc1ccc(C#N)cc1. The van der Waals surface area contributed by atoms with E-state index in [0.29, 0.717) is 11.5 Å². The van der Waals surface area contributed by atoms with E-state index in [0.717, 1.165) is 16.9 Å². The number of nitriles is 1. The average molecular weight is 257 g/mol. The first-order valence-electron chi connectivity index (χ1n) is 5.89. The Morgan fingerprint density at radius 2 is 2.00 bits per heavy atom. The lowest BCUT2D eigenvalue weighted by Crippen LogP contribution is -2.05. The summed E-state index contributed by atoms with van der Waals surface area (Å²) in [5.41, 5.74) is 3.02. The Morgan fingerprint density at radius 1 is 1.33 bits per heavy atom. The summed E-state index contributed by atoms with van der Waals surface area (Å²) in [6.45, 7) is 5.03. The predicted octanol–water partition coefficient (Wildman–Crippen LogP) is 3.59. The minimum Gasteiger partial charge on any atom is -0.337 e. The molecule has 18 heavy (non-hydrogen) atoms. The van der Waals surface area contributed by atoms with Crippen molar-refractivity contribution in [2.75, 3.05) is 0 Å². The number of hydrogen-bond donors (Lipinski definition) is 1. The number of nitrogens with one attached hydrogen (secondary N) is 1. The number of hydrogen-bond acceptors (Lipinski definition) is 2. The predicted molar refractivity (Wildman–Crippen MR) is 74.0 cm³/mol. The highest BCUT2D eigenvalue weighted by atomic mass is 32.1. The van der Waals surface area contributed by atoms with Crippen LogP contribution in [-0.2, 0) is 6.54 Å². The van der Waals surface area contributed by atoms with Gasteiger partial charge in [0.05, 0.1) is 18.2 Å². The normalized spacial score (nSPS) is 10.6. The van der Waals surface area contributed by atoms with Gasteiger partial charge in [0.25, 0.3) is 0 Å². The number of aromatic amines is 1. The summed E-state index contributed by atoms with van der Waals surface area (Å²) < 4.78 is 2.84. The molecule has 0 bridgehead atoms. The molecule has 0 saturated carbocycles. The third-order valence-corrected chi connectivity index (χ3v) is 3.25. The lowest BCUT2D eigenvalue weighted by Gasteiger charge is -2.11. The van der Waals surface area contributed by atoms with Gasteiger partial charge in [0.2, 0.25) is 0 Å². The van der Waals surface area contributed by atoms with Crippen molar-refractivity contribution in [2.45, 2.75) is 26.3 Å². The quantitative estimate of drug-likeness (QED) is 0.854. The first kappa shape index (κ1) is 12.6. The number of aromatic nitrogens is 2. The van der Waals surface area contributed by atoms with Gasteiger partial charge >= 0.3 is 0 Å². The molecule has 1 aromatic heterocycles. The molecule has 0 aliphatic heterocycles. The van der Waals surface area contributed by atoms with Crippen molar-refractivity contribution in [2.24, 2.45) is 0 Å². The van der Waals surface area contributed by atoms with E-state index in [1.807, 2.05) is 30.5 Å². The van der Waals surface area contributed by atoms with Gasteiger partial charge in [-0.25, -0.2) is 0 Å². The number of H-pyrrole nitrogens is 1. The highest BCUT2D eigenvalue weighted by Crippen LogP contribution is 2.16. The fourth-order valence-corrected chi connectivity index (χ4v) is 2.15. The minimum atomic E-state index is 0.427. The molecule has 0 aliphatic carbocycles. The second-order valence-electron chi connectivity index (χ2n) is 4.57. The van der Waals surface area contributed by atoms with Crippen molar-refractivity contribution in [3.05, 3.63) is 52.1 Å². The summed E-state index contributed by atoms with van der Waals surface area (Å²) >= 11 is 5.29. The van der Waals surface area contributed by atoms with Crippen molar-refractivity contribution in [1.29, 1.82) is 5.26 Å². The summed E-state index contributed by atoms with van der Waals surface area (Å²) in [4.78, 5) is 3.09. The zero-order chi connectivity index (χ0) is 13.1. The lowest BCUT2D eigenvalue weighted by atomic mass is 10.1. The topological polar surface area (TPSA) is 44.5 Å². The smallest absolute Gasteiger partial charge is 0.177 e. The Morgan fingerprint density at radius 3 is 2.56 bits per heavy atom. The second-order valence-corrected chi connectivity index (χ2v) is 4.95. The molecule has 4 heteroatoms. The van der Waals surface area contributed by atoms with E-state index in [1.54, 1.807) is 0 Å². The molecule has 1 aromatic carbocycles. The molecule has 0 saturated heterocycles. The van der Waals surface area contributed by atoms with Crippen LogP contribution in [0.15, 0.2) is 30.5 Å². The van der Waals surface area contributed by atoms with Crippen LogP contribution >= 0.6 is 12.2 Å². The standard InChI is InChI=1S/C14H15N3S/c1-10(2)13-8-16-14(18)17(13)9-12-5-3-11(7-15)4-6-12/h3-6,8,10H,9H2,1-2H3,(H,16,18). The van der Waals surface area contributed by atoms with Crippen molar-refractivity contribution >= 4 is 12.2 Å². The Balaban J connectivity index is 2.31. The van der Waals surface area contributed by atoms with Crippen molar-refractivity contribution < 1.29 is 0 Å². The first-order chi connectivity index (χ1) is 8.61. The molecule has 1 N–H and O–H groups in total. The largest absolute Gasteiger partial charge is 0.337 e. The van der Waals surface area contributed by atoms with E-state index in [1.165, 1.54) is 5.69 Å². The van der Waals surface area contributed by atoms with Gasteiger partial charge in [0, 0.05) is 11.9 Å². The zero-order valence-electron chi connectivity index (χ0n) is 10.5. The highest BCUT2D eigenvalue weighted by Gasteiger charge is 2.08. The van der Waals surface area contributed by atoms with Crippen molar-refractivity contribution in [3.63, 3.8) is 0 Å². The third-order valence-electron chi connectivity index (χ3n) is 2.92. The second kappa shape index (κ2) is 5.19. The molecule has 3 nitrogen and oxygen atoms in total. The van der Waals surface area contributed by atoms with E-state index < -0.39 is 0 Å². The molecule has 2 aromatic rings. The van der Waals surface area contributed by atoms with Gasteiger partial charge in [-0.05, 0) is 35.8 Å². The fraction of sp³-hybridized carbons (Fsp3) is 0.286. The molecule has 1 heterocycles. The molecule has 0 amide bonds. The maximum absolute atomic E-state index is 8.77. The van der Waals surface area contributed by atoms with Crippen LogP contribution in [0.2, 0.25) is 0 Å². The Labute approximate surface area is 112 Å². The maximum Gasteiger partial charge on any atom is 0.177 e. The Kier molecular flexibility index (Phi) is 3.63. The van der Waals surface area contributed by atoms with E-state index in [9.17, 15) is 0 Å². The van der Waals surface area contributed by atoms with Gasteiger partial charge in [-0.3, -0.25) is 0 Å². The van der Waals surface area contributed by atoms with Gasteiger partial charge in [0.1, 0.15) is 0 Å². The van der Waals surface area contributed by atoms with Gasteiger partial charge in [-0.1, -0.05) is 26.0 Å². The number of benzene rings is 1. The van der Waals surface area contributed by atoms with Crippen LogP contribution in [0.25, 0.3) is 0 Å². The highest BCUT2D eigenvalue weighted by molar-refractivity contribution is 7.71. The van der Waals surface area contributed by atoms with Gasteiger partial charge in [0.15, 0.2) is 4.77 Å². The fourth-order valence-electron chi connectivity index (χ4n) is 1.92. The van der Waals surface area contributed by atoms with Gasteiger partial charge in [-0.15, -0.1) is 0 Å². The summed E-state index contributed by atoms with van der Waals surface area (Å²) in [6, 6.07) is 9.73. The van der Waals surface area contributed by atoms with E-state index in [2.05, 4.69) is 29.5 Å². The average Bonchev–Trinajstić information content (AvgIpc) is 2.72. The van der Waals surface area contributed by atoms with Gasteiger partial charge < -0.3 is 9.55 Å². The molecular weight excluding hydrogens is 242 g/mol. The van der Waals surface area contributed by atoms with Crippen LogP contribution in [-0.4, -0.2) is 9.55 Å². The zero-order valence-corrected chi connectivity index (χ0v) is 11.3. The lowest BCUT2D eigenvalue weighted by molar-refractivity contribution is 0.684. The molecule has 0 radical (unpaired) electrons. The molecule has 0 unspecified atom stereocenters. The third kappa shape index (κ3) is 2.52. The number of imidazole rings is 1. The molecule has 0 spiro atoms. The summed E-state index contributed by atoms with van der Waals surface area (Å²) in [5, 5.41) is 8.77. The van der Waals surface area contributed by atoms with E-state index >= 15 is 0 Å². The van der Waals surface area contributed by atoms with E-state index in [4.69, 9.17) is 17.5 Å². The molecule has 0 aliphatic rings. The van der Waals surface area contributed by atoms with Crippen LogP contribution in [0.4, 0.5) is 0 Å². The Hall–Kier alpha value is -1.86. The van der Waals surface area contributed by atoms with Crippen LogP contribution < -0.4 is 0 Å². The van der Waals surface area contributed by atoms with E-state index in [-0.39, 0.29) is 0 Å². The monoisotopic (exact) mass is 257 g/mol. The maximum atomic E-state index is 8.77. The first-order valence-corrected chi connectivity index (χ1v) is 6.30. The molecule has 2 rings (SSSR count). The van der Waals surface area contributed by atoms with Crippen LogP contribution in [0, 0.1) is 16.1 Å². The van der Waals surface area contributed by atoms with Crippen LogP contribution in [0.5, 0.6) is 0 Å². The minimum absolute atomic E-state index is 0.427. The summed E-state index contributed by atoms with van der Waals surface area (Å²) in [6.07, 6.45) is 1.97. The molecule has 0 atom stereocenters. The van der Waals surface area contributed by atoms with Crippen LogP contribution in [0.3, 0.4) is 0 Å². The summed E-state index contributed by atoms with van der Waals surface area (Å²) in [5.74, 6) is 0.427. The molecular formula is C14H15N3S. The van der Waals surface area contributed by atoms with Crippen molar-refractivity contribution in [1.82, 2.24) is 9.55 Å². The number of nitrogens with zero attached hydrogens (tertiary/aromatic N) is 2. The van der Waals surface area contributed by atoms with Crippen molar-refractivity contribution in [3.8, 4) is 6.07 Å². The van der Waals surface area contributed by atoms with Crippen LogP contribution in [0.1, 0.15) is 36.6 Å². The Bertz CT molecular complexity index is 626. The summed E-state index contributed by atoms with van der Waals surface area (Å²) in [7, 11) is 0. The van der Waals surface area contributed by atoms with Gasteiger partial charge in [-0.2, -0.15) is 5.26 Å².